The first kappa shape index (κ1) is 13.3. The fourth-order valence-corrected chi connectivity index (χ4v) is 2.46. The number of para-hydroxylation sites is 2. The van der Waals surface area contributed by atoms with Gasteiger partial charge in [-0.05, 0) is 36.4 Å². The summed E-state index contributed by atoms with van der Waals surface area (Å²) in [4.78, 5) is 19.9. The molecular weight excluding hydrogens is 292 g/mol. The van der Waals surface area contributed by atoms with Crippen LogP contribution in [0.5, 0.6) is 0 Å². The number of carbonyl (C=O) groups is 1. The van der Waals surface area contributed by atoms with Gasteiger partial charge in [-0.3, -0.25) is 9.89 Å². The molecule has 2 heterocycles. The van der Waals surface area contributed by atoms with Crippen LogP contribution in [0.4, 0.5) is 17.3 Å². The molecule has 0 fully saturated rings. The highest BCUT2D eigenvalue weighted by Gasteiger charge is 2.09. The minimum atomic E-state index is -0.0927. The Hall–Kier alpha value is -3.35. The molecule has 7 heteroatoms. The maximum absolute atomic E-state index is 11.0. The molecule has 0 radical (unpaired) electrons. The largest absolute Gasteiger partial charge is 0.326 e. The second-order valence-electron chi connectivity index (χ2n) is 5.19. The zero-order valence-electron chi connectivity index (χ0n) is 12.4. The molecule has 0 aliphatic rings. The van der Waals surface area contributed by atoms with Crippen LogP contribution in [-0.4, -0.2) is 25.5 Å². The van der Waals surface area contributed by atoms with Crippen molar-refractivity contribution in [3.63, 3.8) is 0 Å². The number of nitrogens with zero attached hydrogens (tertiary/aromatic N) is 3. The van der Waals surface area contributed by atoms with Crippen molar-refractivity contribution in [1.82, 2.24) is 19.6 Å². The minimum Gasteiger partial charge on any atom is -0.326 e. The maximum atomic E-state index is 11.0. The number of nitrogens with one attached hydrogen (secondary N) is 3. The molecule has 4 rings (SSSR count). The number of hydrogen-bond donors (Lipinski definition) is 3. The molecule has 0 saturated carbocycles. The van der Waals surface area contributed by atoms with Crippen molar-refractivity contribution in [2.75, 3.05) is 10.6 Å². The highest BCUT2D eigenvalue weighted by Crippen LogP contribution is 2.19. The van der Waals surface area contributed by atoms with Crippen LogP contribution in [0.2, 0.25) is 0 Å². The second kappa shape index (κ2) is 5.13. The lowest BCUT2D eigenvalue weighted by Crippen LogP contribution is -2.05. The van der Waals surface area contributed by atoms with Gasteiger partial charge in [-0.1, -0.05) is 12.1 Å². The summed E-state index contributed by atoms with van der Waals surface area (Å²) in [5.74, 6) is 1.12. The van der Waals surface area contributed by atoms with E-state index < -0.39 is 0 Å². The smallest absolute Gasteiger partial charge is 0.253 e. The van der Waals surface area contributed by atoms with Crippen molar-refractivity contribution >= 4 is 40.0 Å². The molecule has 0 aliphatic carbocycles. The lowest BCUT2D eigenvalue weighted by atomic mass is 10.3. The zero-order valence-corrected chi connectivity index (χ0v) is 12.4. The number of imidazole rings is 1. The van der Waals surface area contributed by atoms with Crippen LogP contribution in [0.3, 0.4) is 0 Å². The number of anilines is 3. The fraction of sp³-hybridized carbons (Fsp3) is 0.0625. The first-order valence-electron chi connectivity index (χ1n) is 7.17. The Kier molecular flexibility index (Phi) is 2.97. The van der Waals surface area contributed by atoms with E-state index in [9.17, 15) is 4.79 Å². The van der Waals surface area contributed by atoms with E-state index in [4.69, 9.17) is 0 Å². The lowest BCUT2D eigenvalue weighted by molar-refractivity contribution is -0.114. The molecule has 4 aromatic rings. The molecule has 114 valence electrons. The molecule has 0 aliphatic heterocycles. The molecular formula is C16H14N6O. The predicted molar refractivity (Wildman–Crippen MR) is 88.9 cm³/mol. The van der Waals surface area contributed by atoms with Crippen LogP contribution in [0.15, 0.2) is 48.5 Å². The maximum Gasteiger partial charge on any atom is 0.253 e. The Morgan fingerprint density at radius 3 is 2.57 bits per heavy atom. The van der Waals surface area contributed by atoms with Gasteiger partial charge in [0.25, 0.3) is 5.78 Å². The van der Waals surface area contributed by atoms with Crippen LogP contribution in [0, 0.1) is 0 Å². The summed E-state index contributed by atoms with van der Waals surface area (Å²) in [7, 11) is 0. The third-order valence-electron chi connectivity index (χ3n) is 3.44. The van der Waals surface area contributed by atoms with Gasteiger partial charge in [-0.25, -0.2) is 9.50 Å². The van der Waals surface area contributed by atoms with E-state index in [2.05, 4.69) is 25.7 Å². The Morgan fingerprint density at radius 2 is 1.78 bits per heavy atom. The van der Waals surface area contributed by atoms with E-state index in [-0.39, 0.29) is 5.91 Å². The van der Waals surface area contributed by atoms with Crippen molar-refractivity contribution in [2.24, 2.45) is 0 Å². The van der Waals surface area contributed by atoms with Gasteiger partial charge in [0.1, 0.15) is 0 Å². The Labute approximate surface area is 131 Å². The molecule has 3 N–H and O–H groups in total. The molecule has 2 aromatic carbocycles. The van der Waals surface area contributed by atoms with Gasteiger partial charge < -0.3 is 10.6 Å². The number of fused-ring (bicyclic) bond motifs is 3. The average molecular weight is 306 g/mol. The summed E-state index contributed by atoms with van der Waals surface area (Å²) in [5, 5.41) is 9.09. The van der Waals surface area contributed by atoms with Crippen LogP contribution in [0.25, 0.3) is 16.8 Å². The normalized spacial score (nSPS) is 11.0. The van der Waals surface area contributed by atoms with E-state index in [1.165, 1.54) is 6.92 Å². The molecule has 1 amide bonds. The van der Waals surface area contributed by atoms with Gasteiger partial charge >= 0.3 is 0 Å². The molecule has 0 spiro atoms. The number of H-pyrrole nitrogens is 1. The number of carbonyl (C=O) groups excluding carboxylic acids is 1. The quantitative estimate of drug-likeness (QED) is 0.543. The summed E-state index contributed by atoms with van der Waals surface area (Å²) in [6.07, 6.45) is 0. The average Bonchev–Trinajstić information content (AvgIpc) is 3.06. The topological polar surface area (TPSA) is 87.1 Å². The SMILES string of the molecule is CC(=O)Nc1ccc(Nc2nc3nc4ccccc4n3[nH]2)cc1. The van der Waals surface area contributed by atoms with Crippen molar-refractivity contribution in [2.45, 2.75) is 6.92 Å². The van der Waals surface area contributed by atoms with Crippen LogP contribution in [-0.2, 0) is 4.79 Å². The highest BCUT2D eigenvalue weighted by atomic mass is 16.1. The molecule has 7 nitrogen and oxygen atoms in total. The summed E-state index contributed by atoms with van der Waals surface area (Å²) in [5.41, 5.74) is 3.49. The first-order valence-corrected chi connectivity index (χ1v) is 7.17. The van der Waals surface area contributed by atoms with Crippen molar-refractivity contribution in [1.29, 1.82) is 0 Å². The Bertz CT molecular complexity index is 998. The minimum absolute atomic E-state index is 0.0927. The number of hydrogen-bond acceptors (Lipinski definition) is 4. The van der Waals surface area contributed by atoms with Crippen molar-refractivity contribution in [3.05, 3.63) is 48.5 Å². The standard InChI is InChI=1S/C16H14N6O/c1-10(23)17-11-6-8-12(9-7-11)18-15-20-16-19-13-4-2-3-5-14(13)22(16)21-15/h2-9H,1H3,(H,17,23)(H2,18,19,20,21). The zero-order chi connectivity index (χ0) is 15.8. The van der Waals surface area contributed by atoms with Crippen molar-refractivity contribution in [3.8, 4) is 0 Å². The van der Waals surface area contributed by atoms with Crippen LogP contribution >= 0.6 is 0 Å². The van der Waals surface area contributed by atoms with Gasteiger partial charge in [0.05, 0.1) is 11.0 Å². The Morgan fingerprint density at radius 1 is 1.04 bits per heavy atom. The third-order valence-corrected chi connectivity index (χ3v) is 3.44. The summed E-state index contributed by atoms with van der Waals surface area (Å²) in [6.45, 7) is 1.48. The van der Waals surface area contributed by atoms with E-state index in [0.717, 1.165) is 22.4 Å². The first-order chi connectivity index (χ1) is 11.2. The van der Waals surface area contributed by atoms with E-state index in [0.29, 0.717) is 11.7 Å². The molecule has 0 bridgehead atoms. The molecule has 23 heavy (non-hydrogen) atoms. The number of aromatic nitrogens is 4. The summed E-state index contributed by atoms with van der Waals surface area (Å²) in [6, 6.07) is 15.2. The van der Waals surface area contributed by atoms with E-state index in [1.54, 1.807) is 0 Å². The molecule has 2 aromatic heterocycles. The van der Waals surface area contributed by atoms with E-state index >= 15 is 0 Å². The van der Waals surface area contributed by atoms with E-state index in [1.807, 2.05) is 53.0 Å². The molecule has 0 atom stereocenters. The predicted octanol–water partition coefficient (Wildman–Crippen LogP) is 2.91. The summed E-state index contributed by atoms with van der Waals surface area (Å²) < 4.78 is 1.84. The van der Waals surface area contributed by atoms with Gasteiger partial charge in [-0.15, -0.1) is 0 Å². The van der Waals surface area contributed by atoms with Crippen LogP contribution < -0.4 is 10.6 Å². The van der Waals surface area contributed by atoms with Crippen LogP contribution in [0.1, 0.15) is 6.92 Å². The van der Waals surface area contributed by atoms with Gasteiger partial charge in [0.15, 0.2) is 0 Å². The summed E-state index contributed by atoms with van der Waals surface area (Å²) >= 11 is 0. The lowest BCUT2D eigenvalue weighted by Gasteiger charge is -2.05. The van der Waals surface area contributed by atoms with Gasteiger partial charge in [-0.2, -0.15) is 4.98 Å². The highest BCUT2D eigenvalue weighted by molar-refractivity contribution is 5.88. The number of amides is 1. The van der Waals surface area contributed by atoms with Gasteiger partial charge in [0, 0.05) is 18.3 Å². The number of rotatable bonds is 3. The molecule has 0 saturated heterocycles. The fourth-order valence-electron chi connectivity index (χ4n) is 2.46. The van der Waals surface area contributed by atoms with Gasteiger partial charge in [0.2, 0.25) is 11.9 Å². The third kappa shape index (κ3) is 2.48. The van der Waals surface area contributed by atoms with Crippen molar-refractivity contribution < 1.29 is 4.79 Å². The second-order valence-corrected chi connectivity index (χ2v) is 5.19. The monoisotopic (exact) mass is 306 g/mol. The molecule has 0 unspecified atom stereocenters. The number of aromatic amines is 1. The number of benzene rings is 2. The Balaban J connectivity index is 1.61.